The molecule has 0 saturated carbocycles. The molecule has 0 aliphatic rings. The van der Waals surface area contributed by atoms with Crippen molar-refractivity contribution >= 4 is 0 Å². The fourth-order valence-electron chi connectivity index (χ4n) is 2.59. The average Bonchev–Trinajstić information content (AvgIpc) is 2.52. The summed E-state index contributed by atoms with van der Waals surface area (Å²) in [6.07, 6.45) is 13.1. The maximum absolute atomic E-state index is 9.66. The Kier molecular flexibility index (Phi) is 10.3. The molecule has 0 heterocycles. The summed E-state index contributed by atoms with van der Waals surface area (Å²) >= 11 is 0. The highest BCUT2D eigenvalue weighted by molar-refractivity contribution is 5.50. The third-order valence-corrected chi connectivity index (χ3v) is 3.92. The van der Waals surface area contributed by atoms with E-state index in [1.54, 1.807) is 19.2 Å². The lowest BCUT2D eigenvalue weighted by Gasteiger charge is -2.11. The van der Waals surface area contributed by atoms with Crippen molar-refractivity contribution in [3.05, 3.63) is 18.2 Å². The van der Waals surface area contributed by atoms with Gasteiger partial charge in [-0.1, -0.05) is 70.8 Å². The van der Waals surface area contributed by atoms with Crippen LogP contribution >= 0.6 is 0 Å². The van der Waals surface area contributed by atoms with Crippen LogP contribution < -0.4 is 9.47 Å². The first-order valence-electron chi connectivity index (χ1n) is 8.78. The molecule has 1 rings (SSSR count). The third-order valence-electron chi connectivity index (χ3n) is 3.92. The molecule has 0 radical (unpaired) electrons. The molecular formula is C19H32O3. The molecule has 3 heteroatoms. The number of benzene rings is 1. The number of aromatic hydroxyl groups is 1. The van der Waals surface area contributed by atoms with Crippen LogP contribution in [0.1, 0.15) is 71.1 Å². The Balaban J connectivity index is 2.01. The second-order valence-electron chi connectivity index (χ2n) is 5.84. The van der Waals surface area contributed by atoms with Crippen molar-refractivity contribution < 1.29 is 14.6 Å². The molecule has 1 N–H and O–H groups in total. The predicted octanol–water partition coefficient (Wildman–Crippen LogP) is 5.70. The van der Waals surface area contributed by atoms with E-state index in [-0.39, 0.29) is 5.75 Å². The number of para-hydroxylation sites is 1. The van der Waals surface area contributed by atoms with Crippen LogP contribution in [0.25, 0.3) is 0 Å². The van der Waals surface area contributed by atoms with E-state index in [0.29, 0.717) is 18.1 Å². The molecular weight excluding hydrogens is 276 g/mol. The summed E-state index contributed by atoms with van der Waals surface area (Å²) in [6, 6.07) is 5.20. The molecule has 0 spiro atoms. The zero-order valence-corrected chi connectivity index (χ0v) is 14.3. The van der Waals surface area contributed by atoms with Gasteiger partial charge in [0.2, 0.25) is 5.75 Å². The van der Waals surface area contributed by atoms with E-state index in [1.807, 2.05) is 6.07 Å². The molecule has 0 aliphatic heterocycles. The van der Waals surface area contributed by atoms with Crippen molar-refractivity contribution in [1.82, 2.24) is 0 Å². The van der Waals surface area contributed by atoms with Gasteiger partial charge in [0.25, 0.3) is 0 Å². The molecule has 0 fully saturated rings. The monoisotopic (exact) mass is 308 g/mol. The first kappa shape index (κ1) is 18.7. The molecule has 126 valence electrons. The van der Waals surface area contributed by atoms with Crippen molar-refractivity contribution in [2.45, 2.75) is 71.1 Å². The number of phenols is 1. The van der Waals surface area contributed by atoms with E-state index >= 15 is 0 Å². The zero-order valence-electron chi connectivity index (χ0n) is 14.3. The summed E-state index contributed by atoms with van der Waals surface area (Å²) in [5.74, 6) is 1.18. The average molecular weight is 308 g/mol. The van der Waals surface area contributed by atoms with Crippen LogP contribution in [0.2, 0.25) is 0 Å². The molecule has 0 saturated heterocycles. The molecule has 0 unspecified atom stereocenters. The number of ether oxygens (including phenoxy) is 2. The van der Waals surface area contributed by atoms with Gasteiger partial charge in [-0.25, -0.2) is 0 Å². The van der Waals surface area contributed by atoms with Crippen molar-refractivity contribution in [2.75, 3.05) is 13.7 Å². The van der Waals surface area contributed by atoms with Gasteiger partial charge < -0.3 is 14.6 Å². The number of hydrogen-bond acceptors (Lipinski definition) is 3. The second-order valence-corrected chi connectivity index (χ2v) is 5.84. The Bertz CT molecular complexity index is 390. The highest BCUT2D eigenvalue weighted by Gasteiger charge is 2.08. The standard InChI is InChI=1S/C19H32O3/c1-3-4-5-6-7-8-9-10-11-12-16-22-18-15-13-14-17(20)19(18)21-2/h13-15,20H,3-12,16H2,1-2H3. The van der Waals surface area contributed by atoms with Crippen molar-refractivity contribution in [3.63, 3.8) is 0 Å². The van der Waals surface area contributed by atoms with Crippen LogP contribution in [0.5, 0.6) is 17.2 Å². The Labute approximate surface area is 135 Å². The third kappa shape index (κ3) is 7.58. The lowest BCUT2D eigenvalue weighted by Crippen LogP contribution is -1.99. The summed E-state index contributed by atoms with van der Waals surface area (Å²) in [4.78, 5) is 0. The zero-order chi connectivity index (χ0) is 16.0. The highest BCUT2D eigenvalue weighted by atomic mass is 16.5. The van der Waals surface area contributed by atoms with Gasteiger partial charge in [0.15, 0.2) is 11.5 Å². The molecule has 3 nitrogen and oxygen atoms in total. The van der Waals surface area contributed by atoms with Crippen LogP contribution in [0.3, 0.4) is 0 Å². The van der Waals surface area contributed by atoms with Crippen molar-refractivity contribution in [3.8, 4) is 17.2 Å². The fraction of sp³-hybridized carbons (Fsp3) is 0.684. The van der Waals surface area contributed by atoms with Gasteiger partial charge in [-0.05, 0) is 18.6 Å². The molecule has 0 bridgehead atoms. The maximum atomic E-state index is 9.66. The Morgan fingerprint density at radius 1 is 0.864 bits per heavy atom. The maximum Gasteiger partial charge on any atom is 0.203 e. The molecule has 0 aromatic heterocycles. The largest absolute Gasteiger partial charge is 0.504 e. The minimum absolute atomic E-state index is 0.128. The van der Waals surface area contributed by atoms with E-state index in [2.05, 4.69) is 6.92 Å². The summed E-state index contributed by atoms with van der Waals surface area (Å²) in [5, 5.41) is 9.66. The SMILES string of the molecule is CCCCCCCCCCCCOc1cccc(O)c1OC. The molecule has 0 amide bonds. The van der Waals surface area contributed by atoms with Gasteiger partial charge in [0, 0.05) is 0 Å². The fourth-order valence-corrected chi connectivity index (χ4v) is 2.59. The highest BCUT2D eigenvalue weighted by Crippen LogP contribution is 2.35. The Morgan fingerprint density at radius 2 is 1.45 bits per heavy atom. The van der Waals surface area contributed by atoms with Crippen molar-refractivity contribution in [1.29, 1.82) is 0 Å². The number of rotatable bonds is 13. The summed E-state index contributed by atoms with van der Waals surface area (Å²) in [6.45, 7) is 2.94. The summed E-state index contributed by atoms with van der Waals surface area (Å²) in [7, 11) is 1.54. The van der Waals surface area contributed by atoms with Gasteiger partial charge in [0.1, 0.15) is 0 Å². The van der Waals surface area contributed by atoms with E-state index in [9.17, 15) is 5.11 Å². The topological polar surface area (TPSA) is 38.7 Å². The van der Waals surface area contributed by atoms with Crippen LogP contribution in [0, 0.1) is 0 Å². The van der Waals surface area contributed by atoms with E-state index in [0.717, 1.165) is 6.42 Å². The van der Waals surface area contributed by atoms with Gasteiger partial charge in [-0.3, -0.25) is 0 Å². The van der Waals surface area contributed by atoms with Gasteiger partial charge in [0.05, 0.1) is 13.7 Å². The van der Waals surface area contributed by atoms with Crippen LogP contribution in [0.15, 0.2) is 18.2 Å². The number of unbranched alkanes of at least 4 members (excludes halogenated alkanes) is 9. The van der Waals surface area contributed by atoms with E-state index in [4.69, 9.17) is 9.47 Å². The predicted molar refractivity (Wildman–Crippen MR) is 92.0 cm³/mol. The first-order valence-corrected chi connectivity index (χ1v) is 8.78. The Morgan fingerprint density at radius 3 is 2.05 bits per heavy atom. The number of hydrogen-bond donors (Lipinski definition) is 1. The Hall–Kier alpha value is -1.38. The molecule has 1 aromatic carbocycles. The number of methoxy groups -OCH3 is 1. The molecule has 0 atom stereocenters. The minimum Gasteiger partial charge on any atom is -0.504 e. The molecule has 0 aliphatic carbocycles. The van der Waals surface area contributed by atoms with E-state index < -0.39 is 0 Å². The van der Waals surface area contributed by atoms with Crippen LogP contribution in [-0.4, -0.2) is 18.8 Å². The minimum atomic E-state index is 0.128. The van der Waals surface area contributed by atoms with E-state index in [1.165, 1.54) is 57.8 Å². The summed E-state index contributed by atoms with van der Waals surface area (Å²) in [5.41, 5.74) is 0. The van der Waals surface area contributed by atoms with Gasteiger partial charge >= 0.3 is 0 Å². The lowest BCUT2D eigenvalue weighted by molar-refractivity contribution is 0.278. The lowest BCUT2D eigenvalue weighted by atomic mass is 10.1. The molecule has 1 aromatic rings. The number of phenolic OH excluding ortho intramolecular Hbond substituents is 1. The summed E-state index contributed by atoms with van der Waals surface area (Å²) < 4.78 is 10.8. The second kappa shape index (κ2) is 12.2. The van der Waals surface area contributed by atoms with Crippen LogP contribution in [-0.2, 0) is 0 Å². The smallest absolute Gasteiger partial charge is 0.203 e. The van der Waals surface area contributed by atoms with Crippen molar-refractivity contribution in [2.24, 2.45) is 0 Å². The normalized spacial score (nSPS) is 10.6. The first-order chi connectivity index (χ1) is 10.8. The molecule has 22 heavy (non-hydrogen) atoms. The van der Waals surface area contributed by atoms with Gasteiger partial charge in [-0.2, -0.15) is 0 Å². The van der Waals surface area contributed by atoms with Gasteiger partial charge in [-0.15, -0.1) is 0 Å². The quantitative estimate of drug-likeness (QED) is 0.475. The van der Waals surface area contributed by atoms with Crippen LogP contribution in [0.4, 0.5) is 0 Å².